The number of nitrogens with zero attached hydrogens (tertiary/aromatic N) is 2. The number of carbonyl (C=O) groups is 1. The smallest absolute Gasteiger partial charge is 0.267 e. The zero-order valence-electron chi connectivity index (χ0n) is 13.7. The van der Waals surface area contributed by atoms with E-state index < -0.39 is 0 Å². The van der Waals surface area contributed by atoms with Gasteiger partial charge in [0.2, 0.25) is 5.91 Å². The monoisotopic (exact) mass is 415 g/mol. The van der Waals surface area contributed by atoms with Crippen LogP contribution in [0.3, 0.4) is 0 Å². The van der Waals surface area contributed by atoms with E-state index in [2.05, 4.69) is 26.3 Å². The lowest BCUT2D eigenvalue weighted by Crippen LogP contribution is -2.33. The van der Waals surface area contributed by atoms with Gasteiger partial charge >= 0.3 is 0 Å². The molecule has 0 saturated carbocycles. The van der Waals surface area contributed by atoms with Crippen LogP contribution in [0.2, 0.25) is 0 Å². The van der Waals surface area contributed by atoms with E-state index in [-0.39, 0.29) is 30.4 Å². The molecule has 0 saturated heterocycles. The highest BCUT2D eigenvalue weighted by atomic mass is 79.9. The molecule has 0 unspecified atom stereocenters. The third-order valence-electron chi connectivity index (χ3n) is 3.70. The molecule has 0 bridgehead atoms. The minimum absolute atomic E-state index is 0.190. The maximum atomic E-state index is 12.9. The highest BCUT2D eigenvalue weighted by Crippen LogP contribution is 2.18. The summed E-state index contributed by atoms with van der Waals surface area (Å²) in [7, 11) is 0. The fourth-order valence-electron chi connectivity index (χ4n) is 2.33. The van der Waals surface area contributed by atoms with Gasteiger partial charge < -0.3 is 5.32 Å². The second-order valence-corrected chi connectivity index (χ2v) is 6.54. The van der Waals surface area contributed by atoms with E-state index in [1.807, 2.05) is 24.3 Å². The SMILES string of the molecule is O=C(Cn1nc(-c2ccc(Br)cc2)ccc1=O)NCc1ccc(F)cc1. The van der Waals surface area contributed by atoms with E-state index in [9.17, 15) is 14.0 Å². The van der Waals surface area contributed by atoms with E-state index in [1.165, 1.54) is 18.2 Å². The second-order valence-electron chi connectivity index (χ2n) is 5.62. The van der Waals surface area contributed by atoms with Gasteiger partial charge in [-0.1, -0.05) is 40.2 Å². The Hall–Kier alpha value is -2.80. The van der Waals surface area contributed by atoms with Crippen molar-refractivity contribution in [2.45, 2.75) is 13.1 Å². The largest absolute Gasteiger partial charge is 0.350 e. The van der Waals surface area contributed by atoms with Gasteiger partial charge in [-0.3, -0.25) is 9.59 Å². The first-order chi connectivity index (χ1) is 12.5. The number of hydrogen-bond acceptors (Lipinski definition) is 3. The van der Waals surface area contributed by atoms with E-state index in [4.69, 9.17) is 0 Å². The van der Waals surface area contributed by atoms with Crippen molar-refractivity contribution in [2.75, 3.05) is 0 Å². The van der Waals surface area contributed by atoms with Crippen molar-refractivity contribution >= 4 is 21.8 Å². The third-order valence-corrected chi connectivity index (χ3v) is 4.23. The summed E-state index contributed by atoms with van der Waals surface area (Å²) < 4.78 is 14.9. The second kappa shape index (κ2) is 8.05. The molecule has 1 heterocycles. The molecule has 3 rings (SSSR count). The van der Waals surface area contributed by atoms with Crippen molar-refractivity contribution in [2.24, 2.45) is 0 Å². The number of halogens is 2. The predicted octanol–water partition coefficient (Wildman–Crippen LogP) is 3.13. The van der Waals surface area contributed by atoms with Crippen molar-refractivity contribution in [3.8, 4) is 11.3 Å². The molecule has 0 aliphatic rings. The fourth-order valence-corrected chi connectivity index (χ4v) is 2.60. The molecule has 3 aromatic rings. The minimum atomic E-state index is -0.359. The highest BCUT2D eigenvalue weighted by Gasteiger charge is 2.08. The van der Waals surface area contributed by atoms with Crippen LogP contribution >= 0.6 is 15.9 Å². The summed E-state index contributed by atoms with van der Waals surface area (Å²) in [6.07, 6.45) is 0. The first kappa shape index (κ1) is 18.0. The summed E-state index contributed by atoms with van der Waals surface area (Å²) >= 11 is 3.37. The lowest BCUT2D eigenvalue weighted by molar-refractivity contribution is -0.122. The Morgan fingerprint density at radius 2 is 1.73 bits per heavy atom. The number of aromatic nitrogens is 2. The fraction of sp³-hybridized carbons (Fsp3) is 0.105. The Kier molecular flexibility index (Phi) is 5.58. The van der Waals surface area contributed by atoms with E-state index in [0.717, 1.165) is 20.3 Å². The van der Waals surface area contributed by atoms with Crippen LogP contribution in [0.5, 0.6) is 0 Å². The van der Waals surface area contributed by atoms with Gasteiger partial charge in [-0.2, -0.15) is 5.10 Å². The Morgan fingerprint density at radius 1 is 1.04 bits per heavy atom. The van der Waals surface area contributed by atoms with E-state index in [0.29, 0.717) is 5.69 Å². The molecule has 0 aliphatic carbocycles. The van der Waals surface area contributed by atoms with Crippen LogP contribution in [0, 0.1) is 5.82 Å². The highest BCUT2D eigenvalue weighted by molar-refractivity contribution is 9.10. The van der Waals surface area contributed by atoms with Gasteiger partial charge in [0.1, 0.15) is 12.4 Å². The predicted molar refractivity (Wildman–Crippen MR) is 99.9 cm³/mol. The lowest BCUT2D eigenvalue weighted by Gasteiger charge is -2.08. The molecule has 5 nitrogen and oxygen atoms in total. The average Bonchev–Trinajstić information content (AvgIpc) is 2.64. The van der Waals surface area contributed by atoms with Gasteiger partial charge in [-0.15, -0.1) is 0 Å². The maximum Gasteiger partial charge on any atom is 0.267 e. The van der Waals surface area contributed by atoms with Gasteiger partial charge in [-0.05, 0) is 35.9 Å². The standard InChI is InChI=1S/C19H15BrFN3O2/c20-15-5-3-14(4-6-15)17-9-10-19(26)24(23-17)12-18(25)22-11-13-1-7-16(21)8-2-13/h1-10H,11-12H2,(H,22,25). The van der Waals surface area contributed by atoms with E-state index in [1.54, 1.807) is 18.2 Å². The van der Waals surface area contributed by atoms with Crippen LogP contribution in [-0.2, 0) is 17.9 Å². The Morgan fingerprint density at radius 3 is 2.42 bits per heavy atom. The van der Waals surface area contributed by atoms with Gasteiger partial charge in [0, 0.05) is 22.6 Å². The van der Waals surface area contributed by atoms with Gasteiger partial charge in [0.15, 0.2) is 0 Å². The van der Waals surface area contributed by atoms with Crippen LogP contribution < -0.4 is 10.9 Å². The molecule has 2 aromatic carbocycles. The quantitative estimate of drug-likeness (QED) is 0.695. The van der Waals surface area contributed by atoms with Crippen LogP contribution in [-0.4, -0.2) is 15.7 Å². The van der Waals surface area contributed by atoms with E-state index >= 15 is 0 Å². The number of benzene rings is 2. The van der Waals surface area contributed by atoms with Crippen LogP contribution in [0.25, 0.3) is 11.3 Å². The molecule has 0 aliphatic heterocycles. The zero-order chi connectivity index (χ0) is 18.5. The molecule has 26 heavy (non-hydrogen) atoms. The molecule has 1 N–H and O–H groups in total. The van der Waals surface area contributed by atoms with Crippen LogP contribution in [0.1, 0.15) is 5.56 Å². The van der Waals surface area contributed by atoms with Gasteiger partial charge in [0.25, 0.3) is 5.56 Å². The number of carbonyl (C=O) groups excluding carboxylic acids is 1. The normalized spacial score (nSPS) is 10.5. The Balaban J connectivity index is 1.69. The molecule has 132 valence electrons. The maximum absolute atomic E-state index is 12.9. The minimum Gasteiger partial charge on any atom is -0.350 e. The first-order valence-electron chi connectivity index (χ1n) is 7.86. The molecule has 0 spiro atoms. The molecule has 1 amide bonds. The molecule has 0 atom stereocenters. The number of amides is 1. The average molecular weight is 416 g/mol. The van der Waals surface area contributed by atoms with Gasteiger partial charge in [-0.25, -0.2) is 9.07 Å². The van der Waals surface area contributed by atoms with Crippen molar-refractivity contribution in [3.63, 3.8) is 0 Å². The summed E-state index contributed by atoms with van der Waals surface area (Å²) in [4.78, 5) is 24.1. The number of hydrogen-bond donors (Lipinski definition) is 1. The van der Waals surface area contributed by atoms with Crippen molar-refractivity contribution in [3.05, 3.63) is 86.9 Å². The Labute approximate surface area is 157 Å². The van der Waals surface area contributed by atoms with Crippen molar-refractivity contribution < 1.29 is 9.18 Å². The molecule has 0 radical (unpaired) electrons. The van der Waals surface area contributed by atoms with Crippen molar-refractivity contribution in [1.29, 1.82) is 0 Å². The molecule has 0 fully saturated rings. The first-order valence-corrected chi connectivity index (χ1v) is 8.66. The number of nitrogens with one attached hydrogen (secondary N) is 1. The molecule has 7 heteroatoms. The summed E-state index contributed by atoms with van der Waals surface area (Å²) in [5.74, 6) is -0.683. The lowest BCUT2D eigenvalue weighted by atomic mass is 10.1. The molecular formula is C19H15BrFN3O2. The molecular weight excluding hydrogens is 401 g/mol. The van der Waals surface area contributed by atoms with Crippen LogP contribution in [0.4, 0.5) is 4.39 Å². The third kappa shape index (κ3) is 4.64. The summed E-state index contributed by atoms with van der Waals surface area (Å²) in [5.41, 5.74) is 1.85. The topological polar surface area (TPSA) is 64.0 Å². The Bertz CT molecular complexity index is 969. The zero-order valence-corrected chi connectivity index (χ0v) is 15.2. The number of rotatable bonds is 5. The van der Waals surface area contributed by atoms with Crippen molar-refractivity contribution in [1.82, 2.24) is 15.1 Å². The summed E-state index contributed by atoms with van der Waals surface area (Å²) in [5, 5.41) is 6.95. The molecule has 1 aromatic heterocycles. The summed E-state index contributed by atoms with van der Waals surface area (Å²) in [6, 6.07) is 16.3. The van der Waals surface area contributed by atoms with Crippen LogP contribution in [0.15, 0.2) is 69.9 Å². The van der Waals surface area contributed by atoms with Gasteiger partial charge in [0.05, 0.1) is 5.69 Å². The summed E-state index contributed by atoms with van der Waals surface area (Å²) in [6.45, 7) is 0.0602.